The van der Waals surface area contributed by atoms with Crippen LogP contribution in [0.4, 0.5) is 5.95 Å². The zero-order valence-electron chi connectivity index (χ0n) is 17.8. The molecule has 9 heteroatoms. The molecular formula is C21H31ClN5O3+. The summed E-state index contributed by atoms with van der Waals surface area (Å²) < 4.78 is 13.7. The molecule has 3 aliphatic rings. The number of hydrogen-bond acceptors (Lipinski definition) is 6. The van der Waals surface area contributed by atoms with E-state index in [9.17, 15) is 4.79 Å². The van der Waals surface area contributed by atoms with Gasteiger partial charge in [0.15, 0.2) is 11.8 Å². The summed E-state index contributed by atoms with van der Waals surface area (Å²) in [5.74, 6) is 1.18. The van der Waals surface area contributed by atoms with Crippen LogP contribution >= 0.6 is 11.6 Å². The fraction of sp³-hybridized carbons (Fsp3) is 0.714. The third-order valence-electron chi connectivity index (χ3n) is 6.25. The van der Waals surface area contributed by atoms with Gasteiger partial charge in [-0.2, -0.15) is 4.98 Å². The van der Waals surface area contributed by atoms with E-state index in [1.807, 2.05) is 14.0 Å². The van der Waals surface area contributed by atoms with Crippen LogP contribution in [0.15, 0.2) is 6.07 Å². The van der Waals surface area contributed by atoms with Crippen molar-refractivity contribution in [3.05, 3.63) is 11.2 Å². The number of fused-ring (bicyclic) bond motifs is 1. The maximum Gasteiger partial charge on any atom is 0.285 e. The van der Waals surface area contributed by atoms with E-state index in [1.54, 1.807) is 6.07 Å². The lowest BCUT2D eigenvalue weighted by molar-refractivity contribution is -0.568. The number of amides is 1. The summed E-state index contributed by atoms with van der Waals surface area (Å²) >= 11 is 6.28. The third-order valence-corrected chi connectivity index (χ3v) is 6.44. The van der Waals surface area contributed by atoms with E-state index in [0.29, 0.717) is 49.3 Å². The van der Waals surface area contributed by atoms with E-state index in [4.69, 9.17) is 21.1 Å². The second-order valence-corrected chi connectivity index (χ2v) is 8.72. The van der Waals surface area contributed by atoms with Crippen molar-refractivity contribution >= 4 is 29.2 Å². The Kier molecular flexibility index (Phi) is 6.73. The predicted molar refractivity (Wildman–Crippen MR) is 115 cm³/mol. The maximum atomic E-state index is 12.2. The average molecular weight is 437 g/mol. The highest BCUT2D eigenvalue weighted by Gasteiger charge is 2.40. The van der Waals surface area contributed by atoms with Crippen LogP contribution in [-0.2, 0) is 9.53 Å². The second kappa shape index (κ2) is 9.47. The summed E-state index contributed by atoms with van der Waals surface area (Å²) in [6.45, 7) is 4.37. The van der Waals surface area contributed by atoms with E-state index in [-0.39, 0.29) is 18.1 Å². The molecule has 1 fully saturated rings. The fourth-order valence-corrected chi connectivity index (χ4v) is 4.89. The Balaban J connectivity index is 1.49. The molecule has 0 unspecified atom stereocenters. The van der Waals surface area contributed by atoms with Crippen LogP contribution in [0.3, 0.4) is 0 Å². The van der Waals surface area contributed by atoms with Gasteiger partial charge in [0.05, 0.1) is 13.2 Å². The smallest absolute Gasteiger partial charge is 0.285 e. The van der Waals surface area contributed by atoms with Crippen LogP contribution in [0.5, 0.6) is 5.88 Å². The first-order valence-corrected chi connectivity index (χ1v) is 11.3. The van der Waals surface area contributed by atoms with E-state index in [1.165, 1.54) is 12.1 Å². The normalized spacial score (nSPS) is 25.9. The molecule has 0 spiro atoms. The van der Waals surface area contributed by atoms with Crippen LogP contribution < -0.4 is 15.0 Å². The minimum absolute atomic E-state index is 0.0153. The van der Waals surface area contributed by atoms with Gasteiger partial charge in [-0.3, -0.25) is 4.79 Å². The molecule has 4 heterocycles. The van der Waals surface area contributed by atoms with Crippen molar-refractivity contribution in [2.45, 2.75) is 63.6 Å². The first-order valence-electron chi connectivity index (χ1n) is 10.9. The predicted octanol–water partition coefficient (Wildman–Crippen LogP) is 2.04. The largest absolute Gasteiger partial charge is 0.472 e. The van der Waals surface area contributed by atoms with Gasteiger partial charge in [-0.05, 0) is 13.3 Å². The number of rotatable bonds is 7. The van der Waals surface area contributed by atoms with Crippen LogP contribution in [0, 0.1) is 0 Å². The Hall–Kier alpha value is -1.93. The molecule has 8 nitrogen and oxygen atoms in total. The lowest BCUT2D eigenvalue weighted by Gasteiger charge is -2.36. The van der Waals surface area contributed by atoms with E-state index in [0.717, 1.165) is 32.1 Å². The minimum Gasteiger partial charge on any atom is -0.472 e. The van der Waals surface area contributed by atoms with Crippen molar-refractivity contribution in [1.82, 2.24) is 15.3 Å². The van der Waals surface area contributed by atoms with Crippen molar-refractivity contribution < 1.29 is 18.8 Å². The second-order valence-electron chi connectivity index (χ2n) is 8.33. The van der Waals surface area contributed by atoms with Gasteiger partial charge in [-0.1, -0.05) is 11.6 Å². The first-order chi connectivity index (χ1) is 14.5. The molecule has 1 N–H and O–H groups in total. The Morgan fingerprint density at radius 1 is 1.43 bits per heavy atom. The fourth-order valence-electron chi connectivity index (χ4n) is 4.72. The summed E-state index contributed by atoms with van der Waals surface area (Å²) in [4.78, 5) is 23.4. The molecule has 2 bridgehead atoms. The Morgan fingerprint density at radius 2 is 2.30 bits per heavy atom. The lowest BCUT2D eigenvalue weighted by Crippen LogP contribution is -2.51. The van der Waals surface area contributed by atoms with Crippen molar-refractivity contribution in [3.63, 3.8) is 0 Å². The standard InChI is InChI=1S/C21H30ClN5O3/c1-3-23-19(28)12-27-14-5-4-6-15(27)10-16(9-14)26(2)21-24-18(22)11-20(25-21)30-17-7-8-29-13-17/h11,14,16-17H,3-10,12-13H2,1-2H3/p+1/t14-,16-,17+/m1/s1. The maximum absolute atomic E-state index is 12.2. The Bertz CT molecular complexity index is 812. The number of hydrogen-bond donors (Lipinski definition) is 1. The number of anilines is 1. The SMILES string of the molecule is CCNC(=O)C[N+]1=C2CCC[C@@H]1C[C@@H](N(C)c1nc(Cl)cc(O[C@H]3CCOC3)n1)C2. The molecule has 1 saturated heterocycles. The van der Waals surface area contributed by atoms with Crippen LogP contribution in [-0.4, -0.2) is 77.7 Å². The number of carbonyl (C=O) groups is 1. The number of nitrogens with zero attached hydrogens (tertiary/aromatic N) is 4. The van der Waals surface area contributed by atoms with Gasteiger partial charge in [-0.25, -0.2) is 9.56 Å². The average Bonchev–Trinajstić information content (AvgIpc) is 3.20. The Labute approximate surface area is 182 Å². The summed E-state index contributed by atoms with van der Waals surface area (Å²) in [6, 6.07) is 2.32. The number of likely N-dealkylation sites (N-methyl/N-ethyl adjacent to an activating group) is 1. The van der Waals surface area contributed by atoms with Gasteiger partial charge < -0.3 is 19.7 Å². The number of halogens is 1. The molecular weight excluding hydrogens is 406 g/mol. The zero-order chi connectivity index (χ0) is 21.1. The molecule has 0 radical (unpaired) electrons. The van der Waals surface area contributed by atoms with Crippen LogP contribution in [0.25, 0.3) is 0 Å². The molecule has 0 aromatic carbocycles. The van der Waals surface area contributed by atoms with Gasteiger partial charge in [0, 0.05) is 57.8 Å². The molecule has 1 aromatic heterocycles. The quantitative estimate of drug-likeness (QED) is 0.520. The molecule has 3 atom stereocenters. The van der Waals surface area contributed by atoms with Crippen molar-refractivity contribution in [2.75, 3.05) is 38.3 Å². The van der Waals surface area contributed by atoms with Gasteiger partial charge >= 0.3 is 0 Å². The highest BCUT2D eigenvalue weighted by Crippen LogP contribution is 2.30. The van der Waals surface area contributed by atoms with E-state index >= 15 is 0 Å². The number of ether oxygens (including phenoxy) is 2. The highest BCUT2D eigenvalue weighted by molar-refractivity contribution is 6.29. The number of carbonyl (C=O) groups excluding carboxylic acids is 1. The minimum atomic E-state index is 0.0153. The van der Waals surface area contributed by atoms with Crippen LogP contribution in [0.1, 0.15) is 45.4 Å². The molecule has 1 amide bonds. The molecule has 1 aromatic rings. The molecule has 30 heavy (non-hydrogen) atoms. The summed E-state index contributed by atoms with van der Waals surface area (Å²) in [5.41, 5.74) is 1.36. The summed E-state index contributed by atoms with van der Waals surface area (Å²) in [7, 11) is 2.02. The molecule has 0 saturated carbocycles. The first kappa shape index (κ1) is 21.3. The van der Waals surface area contributed by atoms with Gasteiger partial charge in [0.1, 0.15) is 11.3 Å². The third kappa shape index (κ3) is 4.86. The van der Waals surface area contributed by atoms with Gasteiger partial charge in [-0.15, -0.1) is 0 Å². The molecule has 4 rings (SSSR count). The van der Waals surface area contributed by atoms with E-state index < -0.39 is 0 Å². The monoisotopic (exact) mass is 436 g/mol. The summed E-state index contributed by atoms with van der Waals surface area (Å²) in [5, 5.41) is 3.30. The number of nitrogens with one attached hydrogen (secondary N) is 1. The number of aromatic nitrogens is 2. The molecule has 164 valence electrons. The van der Waals surface area contributed by atoms with Crippen molar-refractivity contribution in [3.8, 4) is 5.88 Å². The van der Waals surface area contributed by atoms with Crippen molar-refractivity contribution in [2.24, 2.45) is 0 Å². The molecule has 0 aliphatic carbocycles. The van der Waals surface area contributed by atoms with Gasteiger partial charge in [0.2, 0.25) is 18.4 Å². The van der Waals surface area contributed by atoms with Gasteiger partial charge in [0.25, 0.3) is 5.91 Å². The molecule has 3 aliphatic heterocycles. The van der Waals surface area contributed by atoms with E-state index in [2.05, 4.69) is 24.8 Å². The summed E-state index contributed by atoms with van der Waals surface area (Å²) in [6.07, 6.45) is 6.11. The Morgan fingerprint density at radius 3 is 3.03 bits per heavy atom. The lowest BCUT2D eigenvalue weighted by atomic mass is 9.85. The van der Waals surface area contributed by atoms with Crippen LogP contribution in [0.2, 0.25) is 5.15 Å². The zero-order valence-corrected chi connectivity index (χ0v) is 18.5. The topological polar surface area (TPSA) is 79.6 Å². The van der Waals surface area contributed by atoms with Crippen molar-refractivity contribution in [1.29, 1.82) is 0 Å². The highest BCUT2D eigenvalue weighted by atomic mass is 35.5.